The predicted octanol–water partition coefficient (Wildman–Crippen LogP) is 1.32. The van der Waals surface area contributed by atoms with Gasteiger partial charge in [0.15, 0.2) is 5.96 Å². The van der Waals surface area contributed by atoms with Crippen LogP contribution in [0.1, 0.15) is 12.0 Å². The second-order valence-corrected chi connectivity index (χ2v) is 4.64. The minimum Gasteiger partial charge on any atom is -0.472 e. The normalized spacial score (nSPS) is 20.1. The van der Waals surface area contributed by atoms with E-state index < -0.39 is 0 Å². The van der Waals surface area contributed by atoms with Crippen molar-refractivity contribution in [1.82, 2.24) is 10.2 Å². The van der Waals surface area contributed by atoms with Crippen molar-refractivity contribution < 1.29 is 9.15 Å². The Morgan fingerprint density at radius 2 is 2.50 bits per heavy atom. The van der Waals surface area contributed by atoms with E-state index in [0.717, 1.165) is 44.2 Å². The summed E-state index contributed by atoms with van der Waals surface area (Å²) >= 11 is 0. The largest absolute Gasteiger partial charge is 0.472 e. The SMILES string of the molecule is CN=C(NCc1ccoc1)N(C)CC1CCOC1. The average molecular weight is 251 g/mol. The van der Waals surface area contributed by atoms with Crippen molar-refractivity contribution in [2.75, 3.05) is 33.9 Å². The highest BCUT2D eigenvalue weighted by Crippen LogP contribution is 2.13. The van der Waals surface area contributed by atoms with Crippen LogP contribution in [0.5, 0.6) is 0 Å². The van der Waals surface area contributed by atoms with Gasteiger partial charge in [-0.05, 0) is 12.5 Å². The predicted molar refractivity (Wildman–Crippen MR) is 70.5 cm³/mol. The standard InChI is InChI=1S/C13H21N3O2/c1-14-13(15-7-11-3-5-17-9-11)16(2)8-12-4-6-18-10-12/h3,5,9,12H,4,6-8,10H2,1-2H3,(H,14,15). The lowest BCUT2D eigenvalue weighted by molar-refractivity contribution is 0.181. The van der Waals surface area contributed by atoms with Gasteiger partial charge in [0.05, 0.1) is 19.1 Å². The number of nitrogens with one attached hydrogen (secondary N) is 1. The summed E-state index contributed by atoms with van der Waals surface area (Å²) in [5, 5.41) is 3.32. The number of ether oxygens (including phenoxy) is 1. The summed E-state index contributed by atoms with van der Waals surface area (Å²) in [6.07, 6.45) is 4.56. The topological polar surface area (TPSA) is 50.0 Å². The first-order chi connectivity index (χ1) is 8.79. The summed E-state index contributed by atoms with van der Waals surface area (Å²) in [5.74, 6) is 1.52. The van der Waals surface area contributed by atoms with Crippen LogP contribution in [0.2, 0.25) is 0 Å². The van der Waals surface area contributed by atoms with Crippen molar-refractivity contribution in [3.05, 3.63) is 24.2 Å². The van der Waals surface area contributed by atoms with Gasteiger partial charge in [-0.15, -0.1) is 0 Å². The van der Waals surface area contributed by atoms with Gasteiger partial charge >= 0.3 is 0 Å². The number of furan rings is 1. The third-order valence-electron chi connectivity index (χ3n) is 3.16. The van der Waals surface area contributed by atoms with E-state index in [9.17, 15) is 0 Å². The van der Waals surface area contributed by atoms with E-state index >= 15 is 0 Å². The molecule has 1 N–H and O–H groups in total. The van der Waals surface area contributed by atoms with Crippen molar-refractivity contribution >= 4 is 5.96 Å². The van der Waals surface area contributed by atoms with E-state index in [0.29, 0.717) is 5.92 Å². The summed E-state index contributed by atoms with van der Waals surface area (Å²) in [7, 11) is 3.86. The second kappa shape index (κ2) is 6.44. The Kier molecular flexibility index (Phi) is 4.64. The van der Waals surface area contributed by atoms with Gasteiger partial charge in [-0.1, -0.05) is 0 Å². The van der Waals surface area contributed by atoms with Crippen molar-refractivity contribution in [2.45, 2.75) is 13.0 Å². The van der Waals surface area contributed by atoms with Crippen molar-refractivity contribution in [3.63, 3.8) is 0 Å². The Hall–Kier alpha value is -1.49. The Balaban J connectivity index is 1.80. The maximum atomic E-state index is 5.39. The molecule has 1 fully saturated rings. The molecule has 100 valence electrons. The molecular formula is C13H21N3O2. The first-order valence-electron chi connectivity index (χ1n) is 6.30. The van der Waals surface area contributed by atoms with Gasteiger partial charge < -0.3 is 19.4 Å². The van der Waals surface area contributed by atoms with Crippen LogP contribution >= 0.6 is 0 Å². The molecule has 1 aliphatic heterocycles. The molecule has 1 atom stereocenters. The zero-order valence-corrected chi connectivity index (χ0v) is 11.1. The summed E-state index contributed by atoms with van der Waals surface area (Å²) in [5.41, 5.74) is 1.12. The number of aliphatic imine (C=N–C) groups is 1. The number of hydrogen-bond acceptors (Lipinski definition) is 3. The van der Waals surface area contributed by atoms with Gasteiger partial charge in [0.2, 0.25) is 0 Å². The smallest absolute Gasteiger partial charge is 0.193 e. The third-order valence-corrected chi connectivity index (χ3v) is 3.16. The number of rotatable bonds is 4. The molecule has 2 rings (SSSR count). The van der Waals surface area contributed by atoms with Gasteiger partial charge in [0.1, 0.15) is 0 Å². The molecular weight excluding hydrogens is 230 g/mol. The van der Waals surface area contributed by atoms with Gasteiger partial charge in [-0.3, -0.25) is 4.99 Å². The van der Waals surface area contributed by atoms with Crippen LogP contribution in [0.15, 0.2) is 28.0 Å². The van der Waals surface area contributed by atoms with Crippen LogP contribution in [0.4, 0.5) is 0 Å². The first-order valence-corrected chi connectivity index (χ1v) is 6.30. The van der Waals surface area contributed by atoms with E-state index in [4.69, 9.17) is 9.15 Å². The Bertz CT molecular complexity index is 370. The van der Waals surface area contributed by atoms with E-state index in [1.807, 2.05) is 6.07 Å². The van der Waals surface area contributed by atoms with Crippen LogP contribution in [0.3, 0.4) is 0 Å². The lowest BCUT2D eigenvalue weighted by atomic mass is 10.1. The summed E-state index contributed by atoms with van der Waals surface area (Å²) in [6.45, 7) is 3.46. The maximum absolute atomic E-state index is 5.39. The zero-order chi connectivity index (χ0) is 12.8. The van der Waals surface area contributed by atoms with Gasteiger partial charge in [0.25, 0.3) is 0 Å². The highest BCUT2D eigenvalue weighted by atomic mass is 16.5. The molecule has 0 bridgehead atoms. The molecule has 0 saturated carbocycles. The average Bonchev–Trinajstić information content (AvgIpc) is 3.02. The van der Waals surface area contributed by atoms with E-state index in [-0.39, 0.29) is 0 Å². The molecule has 0 spiro atoms. The zero-order valence-electron chi connectivity index (χ0n) is 11.1. The molecule has 5 nitrogen and oxygen atoms in total. The minimum absolute atomic E-state index is 0.613. The molecule has 0 aliphatic carbocycles. The fraction of sp³-hybridized carbons (Fsp3) is 0.615. The highest BCUT2D eigenvalue weighted by molar-refractivity contribution is 5.79. The molecule has 5 heteroatoms. The fourth-order valence-electron chi connectivity index (χ4n) is 2.16. The maximum Gasteiger partial charge on any atom is 0.193 e. The van der Waals surface area contributed by atoms with Gasteiger partial charge in [-0.25, -0.2) is 0 Å². The van der Waals surface area contributed by atoms with E-state index in [2.05, 4.69) is 22.3 Å². The highest BCUT2D eigenvalue weighted by Gasteiger charge is 2.18. The molecule has 1 aromatic rings. The first kappa shape index (κ1) is 13.0. The van der Waals surface area contributed by atoms with E-state index in [1.165, 1.54) is 0 Å². The summed E-state index contributed by atoms with van der Waals surface area (Å²) in [6, 6.07) is 1.95. The monoisotopic (exact) mass is 251 g/mol. The number of guanidine groups is 1. The van der Waals surface area contributed by atoms with Gasteiger partial charge in [0, 0.05) is 45.3 Å². The molecule has 1 aliphatic rings. The van der Waals surface area contributed by atoms with Crippen LogP contribution in [0.25, 0.3) is 0 Å². The minimum atomic E-state index is 0.613. The van der Waals surface area contributed by atoms with Crippen LogP contribution < -0.4 is 5.32 Å². The molecule has 1 unspecified atom stereocenters. The molecule has 1 saturated heterocycles. The Morgan fingerprint density at radius 1 is 1.61 bits per heavy atom. The molecule has 0 radical (unpaired) electrons. The van der Waals surface area contributed by atoms with Crippen LogP contribution in [-0.2, 0) is 11.3 Å². The molecule has 1 aromatic heterocycles. The number of nitrogens with zero attached hydrogens (tertiary/aromatic N) is 2. The van der Waals surface area contributed by atoms with E-state index in [1.54, 1.807) is 19.6 Å². The lowest BCUT2D eigenvalue weighted by Gasteiger charge is -2.24. The third kappa shape index (κ3) is 3.50. The fourth-order valence-corrected chi connectivity index (χ4v) is 2.16. The van der Waals surface area contributed by atoms with Crippen LogP contribution in [-0.4, -0.2) is 44.7 Å². The Morgan fingerprint density at radius 3 is 3.11 bits per heavy atom. The van der Waals surface area contributed by atoms with Crippen molar-refractivity contribution in [3.8, 4) is 0 Å². The molecule has 18 heavy (non-hydrogen) atoms. The second-order valence-electron chi connectivity index (χ2n) is 4.64. The molecule has 2 heterocycles. The summed E-state index contributed by atoms with van der Waals surface area (Å²) < 4.78 is 10.4. The quantitative estimate of drug-likeness (QED) is 0.648. The lowest BCUT2D eigenvalue weighted by Crippen LogP contribution is -2.41. The summed E-state index contributed by atoms with van der Waals surface area (Å²) in [4.78, 5) is 6.44. The number of hydrogen-bond donors (Lipinski definition) is 1. The Labute approximate surface area is 108 Å². The van der Waals surface area contributed by atoms with Crippen LogP contribution in [0, 0.1) is 5.92 Å². The molecule has 0 aromatic carbocycles. The van der Waals surface area contributed by atoms with Gasteiger partial charge in [-0.2, -0.15) is 0 Å². The van der Waals surface area contributed by atoms with Crippen molar-refractivity contribution in [2.24, 2.45) is 10.9 Å². The molecule has 0 amide bonds. The van der Waals surface area contributed by atoms with Crippen molar-refractivity contribution in [1.29, 1.82) is 0 Å².